The largest absolute Gasteiger partial charge is 0.462 e. The highest BCUT2D eigenvalue weighted by Gasteiger charge is 2.15. The molecule has 0 aromatic rings. The maximum Gasteiger partial charge on any atom is 0.337 e. The molecule has 0 aliphatic heterocycles. The Morgan fingerprint density at radius 2 is 1.30 bits per heavy atom. The second-order valence-corrected chi connectivity index (χ2v) is 7.38. The summed E-state index contributed by atoms with van der Waals surface area (Å²) < 4.78 is 10.8. The summed E-state index contributed by atoms with van der Waals surface area (Å²) in [4.78, 5) is 24.2. The number of carbonyl (C=O) groups excluding carboxylic acids is 2. The SMILES string of the molecule is C=C(/C=C(\C)C(=O)OCC(CC)CCCC)C(=O)OCC(CC)CCCC. The van der Waals surface area contributed by atoms with E-state index in [9.17, 15) is 9.59 Å². The standard InChI is InChI=1S/C23H40O4/c1-7-11-13-20(9-3)16-26-22(24)18(5)15-19(6)23(25)27-17-21(10-4)14-12-8-2/h15,20-21H,5,7-14,16-17H2,1-4,6H3/b19-15+. The highest BCUT2D eigenvalue weighted by Crippen LogP contribution is 2.15. The molecule has 27 heavy (non-hydrogen) atoms. The van der Waals surface area contributed by atoms with Crippen LogP contribution in [0.25, 0.3) is 0 Å². The van der Waals surface area contributed by atoms with Gasteiger partial charge >= 0.3 is 11.9 Å². The van der Waals surface area contributed by atoms with Gasteiger partial charge in [0.2, 0.25) is 0 Å². The topological polar surface area (TPSA) is 52.6 Å². The Kier molecular flexibility index (Phi) is 14.6. The molecular formula is C23H40O4. The maximum atomic E-state index is 12.1. The van der Waals surface area contributed by atoms with Crippen LogP contribution < -0.4 is 0 Å². The normalized spacial score (nSPS) is 13.7. The predicted octanol–water partition coefficient (Wildman–Crippen LogP) is 6.01. The van der Waals surface area contributed by atoms with Crippen molar-refractivity contribution in [1.82, 2.24) is 0 Å². The minimum atomic E-state index is -0.466. The molecule has 0 radical (unpaired) electrons. The molecule has 0 aromatic heterocycles. The van der Waals surface area contributed by atoms with Crippen LogP contribution in [-0.2, 0) is 19.1 Å². The van der Waals surface area contributed by atoms with Crippen LogP contribution in [0.5, 0.6) is 0 Å². The lowest BCUT2D eigenvalue weighted by Crippen LogP contribution is -2.16. The van der Waals surface area contributed by atoms with Crippen molar-refractivity contribution in [2.45, 2.75) is 86.0 Å². The molecule has 0 saturated heterocycles. The Balaban J connectivity index is 4.45. The average molecular weight is 381 g/mol. The van der Waals surface area contributed by atoms with Crippen LogP contribution >= 0.6 is 0 Å². The smallest absolute Gasteiger partial charge is 0.337 e. The number of rotatable bonds is 15. The number of hydrogen-bond acceptors (Lipinski definition) is 4. The monoisotopic (exact) mass is 380 g/mol. The third kappa shape index (κ3) is 11.7. The van der Waals surface area contributed by atoms with Gasteiger partial charge in [-0.15, -0.1) is 0 Å². The van der Waals surface area contributed by atoms with Crippen molar-refractivity contribution in [2.24, 2.45) is 11.8 Å². The van der Waals surface area contributed by atoms with E-state index in [1.807, 2.05) is 0 Å². The Bertz CT molecular complexity index is 479. The number of ether oxygens (including phenoxy) is 2. The third-order valence-corrected chi connectivity index (χ3v) is 4.96. The molecule has 0 spiro atoms. The van der Waals surface area contributed by atoms with Crippen molar-refractivity contribution >= 4 is 11.9 Å². The first-order valence-electron chi connectivity index (χ1n) is 10.6. The zero-order chi connectivity index (χ0) is 20.7. The van der Waals surface area contributed by atoms with Gasteiger partial charge in [0.05, 0.1) is 18.8 Å². The average Bonchev–Trinajstić information content (AvgIpc) is 2.67. The van der Waals surface area contributed by atoms with Crippen LogP contribution in [0.2, 0.25) is 0 Å². The molecule has 2 atom stereocenters. The molecule has 0 fully saturated rings. The van der Waals surface area contributed by atoms with E-state index >= 15 is 0 Å². The Morgan fingerprint density at radius 3 is 1.70 bits per heavy atom. The Morgan fingerprint density at radius 1 is 0.852 bits per heavy atom. The molecule has 0 N–H and O–H groups in total. The second-order valence-electron chi connectivity index (χ2n) is 7.38. The van der Waals surface area contributed by atoms with Crippen molar-refractivity contribution < 1.29 is 19.1 Å². The molecule has 156 valence electrons. The van der Waals surface area contributed by atoms with Gasteiger partial charge in [-0.25, -0.2) is 9.59 Å². The first-order chi connectivity index (χ1) is 12.9. The summed E-state index contributed by atoms with van der Waals surface area (Å²) in [5.41, 5.74) is 0.563. The second kappa shape index (κ2) is 15.5. The molecule has 4 heteroatoms. The zero-order valence-corrected chi connectivity index (χ0v) is 18.1. The predicted molar refractivity (Wildman–Crippen MR) is 111 cm³/mol. The lowest BCUT2D eigenvalue weighted by Gasteiger charge is -2.15. The van der Waals surface area contributed by atoms with Gasteiger partial charge in [-0.2, -0.15) is 0 Å². The van der Waals surface area contributed by atoms with E-state index in [2.05, 4.69) is 34.3 Å². The molecule has 0 aliphatic rings. The molecule has 0 aliphatic carbocycles. The van der Waals surface area contributed by atoms with Gasteiger partial charge in [0.1, 0.15) is 0 Å². The summed E-state index contributed by atoms with van der Waals surface area (Å²) in [7, 11) is 0. The molecule has 2 unspecified atom stereocenters. The fraction of sp³-hybridized carbons (Fsp3) is 0.739. The van der Waals surface area contributed by atoms with Crippen LogP contribution in [0.4, 0.5) is 0 Å². The summed E-state index contributed by atoms with van der Waals surface area (Å²) in [6.07, 6.45) is 10.1. The Hall–Kier alpha value is -1.58. The van der Waals surface area contributed by atoms with Crippen LogP contribution in [0, 0.1) is 11.8 Å². The van der Waals surface area contributed by atoms with E-state index < -0.39 is 11.9 Å². The molecular weight excluding hydrogens is 340 g/mol. The fourth-order valence-electron chi connectivity index (χ4n) is 2.77. The first kappa shape index (κ1) is 25.4. The van der Waals surface area contributed by atoms with E-state index in [4.69, 9.17) is 9.47 Å². The van der Waals surface area contributed by atoms with E-state index in [0.29, 0.717) is 30.6 Å². The molecule has 0 rings (SSSR count). The minimum absolute atomic E-state index is 0.188. The minimum Gasteiger partial charge on any atom is -0.462 e. The molecule has 0 bridgehead atoms. The van der Waals surface area contributed by atoms with E-state index in [1.54, 1.807) is 6.92 Å². The van der Waals surface area contributed by atoms with Crippen LogP contribution in [0.1, 0.15) is 86.0 Å². The number of unbranched alkanes of at least 4 members (excludes halogenated alkanes) is 2. The maximum absolute atomic E-state index is 12.1. The summed E-state index contributed by atoms with van der Waals surface area (Å²) in [5.74, 6) is -0.0884. The molecule has 0 aromatic carbocycles. The van der Waals surface area contributed by atoms with Gasteiger partial charge in [0.15, 0.2) is 0 Å². The molecule has 0 heterocycles. The lowest BCUT2D eigenvalue weighted by atomic mass is 10.0. The van der Waals surface area contributed by atoms with E-state index in [1.165, 1.54) is 6.08 Å². The zero-order valence-electron chi connectivity index (χ0n) is 18.1. The van der Waals surface area contributed by atoms with Crippen molar-refractivity contribution in [3.8, 4) is 0 Å². The summed E-state index contributed by atoms with van der Waals surface area (Å²) >= 11 is 0. The van der Waals surface area contributed by atoms with Crippen molar-refractivity contribution in [3.63, 3.8) is 0 Å². The van der Waals surface area contributed by atoms with Gasteiger partial charge < -0.3 is 9.47 Å². The molecule has 4 nitrogen and oxygen atoms in total. The van der Waals surface area contributed by atoms with Gasteiger partial charge in [-0.1, -0.05) is 72.8 Å². The summed E-state index contributed by atoms with van der Waals surface area (Å²) in [5, 5.41) is 0. The van der Waals surface area contributed by atoms with Crippen LogP contribution in [0.15, 0.2) is 23.8 Å². The molecule has 0 saturated carbocycles. The van der Waals surface area contributed by atoms with Gasteiger partial charge in [0.25, 0.3) is 0 Å². The summed E-state index contributed by atoms with van der Waals surface area (Å²) in [6.45, 7) is 14.7. The highest BCUT2D eigenvalue weighted by molar-refractivity contribution is 5.95. The van der Waals surface area contributed by atoms with Crippen LogP contribution in [-0.4, -0.2) is 25.2 Å². The van der Waals surface area contributed by atoms with E-state index in [0.717, 1.165) is 51.4 Å². The molecule has 0 amide bonds. The van der Waals surface area contributed by atoms with E-state index in [-0.39, 0.29) is 5.57 Å². The quantitative estimate of drug-likeness (QED) is 0.198. The fourth-order valence-corrected chi connectivity index (χ4v) is 2.77. The van der Waals surface area contributed by atoms with Crippen LogP contribution in [0.3, 0.4) is 0 Å². The van der Waals surface area contributed by atoms with Gasteiger partial charge in [-0.3, -0.25) is 0 Å². The highest BCUT2D eigenvalue weighted by atomic mass is 16.5. The number of hydrogen-bond donors (Lipinski definition) is 0. The Labute approximate surface area is 166 Å². The first-order valence-corrected chi connectivity index (χ1v) is 10.6. The van der Waals surface area contributed by atoms with Gasteiger partial charge in [0, 0.05) is 5.57 Å². The summed E-state index contributed by atoms with van der Waals surface area (Å²) in [6, 6.07) is 0. The third-order valence-electron chi connectivity index (χ3n) is 4.96. The van der Waals surface area contributed by atoms with Crippen molar-refractivity contribution in [2.75, 3.05) is 13.2 Å². The van der Waals surface area contributed by atoms with Crippen molar-refractivity contribution in [3.05, 3.63) is 23.8 Å². The lowest BCUT2D eigenvalue weighted by molar-refractivity contribution is -0.140. The van der Waals surface area contributed by atoms with Crippen molar-refractivity contribution in [1.29, 1.82) is 0 Å². The number of esters is 2. The number of carbonyl (C=O) groups is 2. The van der Waals surface area contributed by atoms with Gasteiger partial charge in [-0.05, 0) is 37.7 Å².